The molecule has 0 spiro atoms. The summed E-state index contributed by atoms with van der Waals surface area (Å²) in [7, 11) is -3.15. The van der Waals surface area contributed by atoms with E-state index in [0.717, 1.165) is 10.0 Å². The summed E-state index contributed by atoms with van der Waals surface area (Å²) < 4.78 is 23.6. The summed E-state index contributed by atoms with van der Waals surface area (Å²) in [5.74, 6) is 1.94. The Hall–Kier alpha value is -0.790. The van der Waals surface area contributed by atoms with Crippen LogP contribution in [-0.4, -0.2) is 14.2 Å². The lowest BCUT2D eigenvalue weighted by Crippen LogP contribution is -2.07. The average Bonchev–Trinajstić information content (AvgIpc) is 2.08. The maximum Gasteiger partial charge on any atom is 0.165 e. The van der Waals surface area contributed by atoms with Gasteiger partial charge in [-0.3, -0.25) is 0 Å². The Morgan fingerprint density at radius 2 is 1.86 bits per heavy atom. The third kappa shape index (κ3) is 3.52. The van der Waals surface area contributed by atoms with E-state index in [1.165, 1.54) is 0 Å². The Labute approximate surface area is 92.4 Å². The molecule has 1 aromatic rings. The van der Waals surface area contributed by atoms with Crippen LogP contribution in [0.25, 0.3) is 0 Å². The molecule has 0 aliphatic heterocycles. The molecule has 0 heterocycles. The van der Waals surface area contributed by atoms with Crippen molar-refractivity contribution in [1.82, 2.24) is 0 Å². The zero-order valence-electron chi connectivity index (χ0n) is 7.40. The van der Waals surface area contributed by atoms with E-state index in [1.54, 1.807) is 24.3 Å². The highest BCUT2D eigenvalue weighted by Gasteiger charge is 2.09. The van der Waals surface area contributed by atoms with Gasteiger partial charge >= 0.3 is 0 Å². The average molecular weight is 273 g/mol. The van der Waals surface area contributed by atoms with Crippen molar-refractivity contribution in [1.29, 1.82) is 0 Å². The standard InChI is InChI=1S/C10H9BrO2S/c1-2-7-14(12,13)8-9-3-5-10(11)6-4-9/h1,3-6H,7-8H2. The first kappa shape index (κ1) is 11.3. The van der Waals surface area contributed by atoms with Crippen molar-refractivity contribution in [3.8, 4) is 12.3 Å². The van der Waals surface area contributed by atoms with Gasteiger partial charge in [0.15, 0.2) is 9.84 Å². The zero-order valence-corrected chi connectivity index (χ0v) is 9.81. The van der Waals surface area contributed by atoms with Crippen LogP contribution >= 0.6 is 15.9 Å². The second-order valence-electron chi connectivity index (χ2n) is 2.86. The van der Waals surface area contributed by atoms with E-state index >= 15 is 0 Å². The molecular weight excluding hydrogens is 264 g/mol. The van der Waals surface area contributed by atoms with Gasteiger partial charge in [-0.25, -0.2) is 8.42 Å². The normalized spacial score (nSPS) is 10.9. The molecule has 0 bridgehead atoms. The van der Waals surface area contributed by atoms with E-state index in [1.807, 2.05) is 0 Å². The minimum atomic E-state index is -3.15. The fraction of sp³-hybridized carbons (Fsp3) is 0.200. The number of halogens is 1. The van der Waals surface area contributed by atoms with Gasteiger partial charge in [0.25, 0.3) is 0 Å². The summed E-state index contributed by atoms with van der Waals surface area (Å²) in [5, 5.41) is 0. The quantitative estimate of drug-likeness (QED) is 0.789. The van der Waals surface area contributed by atoms with Crippen LogP contribution in [0.4, 0.5) is 0 Å². The zero-order chi connectivity index (χ0) is 10.6. The summed E-state index contributed by atoms with van der Waals surface area (Å²) in [6, 6.07) is 7.14. The van der Waals surface area contributed by atoms with E-state index in [2.05, 4.69) is 21.9 Å². The second-order valence-corrected chi connectivity index (χ2v) is 5.84. The van der Waals surface area contributed by atoms with Gasteiger partial charge in [-0.2, -0.15) is 0 Å². The fourth-order valence-corrected chi connectivity index (χ4v) is 2.33. The number of hydrogen-bond donors (Lipinski definition) is 0. The van der Waals surface area contributed by atoms with Crippen LogP contribution in [0.2, 0.25) is 0 Å². The lowest BCUT2D eigenvalue weighted by atomic mass is 10.2. The van der Waals surface area contributed by atoms with Crippen molar-refractivity contribution < 1.29 is 8.42 Å². The highest BCUT2D eigenvalue weighted by molar-refractivity contribution is 9.10. The molecule has 0 amide bonds. The van der Waals surface area contributed by atoms with E-state index in [-0.39, 0.29) is 11.5 Å². The van der Waals surface area contributed by atoms with E-state index < -0.39 is 9.84 Å². The van der Waals surface area contributed by atoms with Crippen LogP contribution in [0.5, 0.6) is 0 Å². The minimum absolute atomic E-state index is 0.00444. The van der Waals surface area contributed by atoms with Gasteiger partial charge in [-0.15, -0.1) is 6.42 Å². The Kier molecular flexibility index (Phi) is 3.73. The molecule has 0 aromatic heterocycles. The number of terminal acetylenes is 1. The fourth-order valence-electron chi connectivity index (χ4n) is 1.01. The van der Waals surface area contributed by atoms with E-state index in [9.17, 15) is 8.42 Å². The molecule has 1 aromatic carbocycles. The molecule has 0 saturated heterocycles. The van der Waals surface area contributed by atoms with Crippen molar-refractivity contribution in [3.05, 3.63) is 34.3 Å². The SMILES string of the molecule is C#CCS(=O)(=O)Cc1ccc(Br)cc1. The molecule has 14 heavy (non-hydrogen) atoms. The number of sulfone groups is 1. The van der Waals surface area contributed by atoms with Gasteiger partial charge in [-0.1, -0.05) is 34.0 Å². The van der Waals surface area contributed by atoms with Crippen LogP contribution in [0.3, 0.4) is 0 Å². The maximum absolute atomic E-state index is 11.3. The molecule has 0 fully saturated rings. The topological polar surface area (TPSA) is 34.1 Å². The smallest absolute Gasteiger partial charge is 0.165 e. The van der Waals surface area contributed by atoms with Gasteiger partial charge in [-0.05, 0) is 17.7 Å². The van der Waals surface area contributed by atoms with Crippen molar-refractivity contribution >= 4 is 25.8 Å². The van der Waals surface area contributed by atoms with Crippen LogP contribution < -0.4 is 0 Å². The van der Waals surface area contributed by atoms with Gasteiger partial charge < -0.3 is 0 Å². The summed E-state index contributed by atoms with van der Waals surface area (Å²) >= 11 is 3.27. The van der Waals surface area contributed by atoms with Gasteiger partial charge in [0.1, 0.15) is 5.75 Å². The van der Waals surface area contributed by atoms with Crippen LogP contribution in [0.1, 0.15) is 5.56 Å². The first-order valence-electron chi connectivity index (χ1n) is 3.92. The molecule has 0 aliphatic rings. The number of benzene rings is 1. The van der Waals surface area contributed by atoms with Gasteiger partial charge in [0.05, 0.1) is 5.75 Å². The third-order valence-corrected chi connectivity index (χ3v) is 3.51. The third-order valence-electron chi connectivity index (χ3n) is 1.60. The molecule has 0 radical (unpaired) electrons. The first-order chi connectivity index (χ1) is 6.53. The van der Waals surface area contributed by atoms with E-state index in [4.69, 9.17) is 6.42 Å². The monoisotopic (exact) mass is 272 g/mol. The van der Waals surface area contributed by atoms with Crippen molar-refractivity contribution in [3.63, 3.8) is 0 Å². The molecule has 0 unspecified atom stereocenters. The number of hydrogen-bond acceptors (Lipinski definition) is 2. The van der Waals surface area contributed by atoms with Crippen molar-refractivity contribution in [2.24, 2.45) is 0 Å². The highest BCUT2D eigenvalue weighted by Crippen LogP contribution is 2.12. The molecule has 0 aliphatic carbocycles. The summed E-state index contributed by atoms with van der Waals surface area (Å²) in [4.78, 5) is 0. The summed E-state index contributed by atoms with van der Waals surface area (Å²) in [6.07, 6.45) is 4.96. The highest BCUT2D eigenvalue weighted by atomic mass is 79.9. The van der Waals surface area contributed by atoms with Crippen molar-refractivity contribution in [2.75, 3.05) is 5.75 Å². The molecule has 1 rings (SSSR count). The Balaban J connectivity index is 2.80. The van der Waals surface area contributed by atoms with Crippen LogP contribution in [0.15, 0.2) is 28.7 Å². The lowest BCUT2D eigenvalue weighted by Gasteiger charge is -2.00. The summed E-state index contributed by atoms with van der Waals surface area (Å²) in [5.41, 5.74) is 0.753. The number of rotatable bonds is 3. The first-order valence-corrected chi connectivity index (χ1v) is 6.53. The van der Waals surface area contributed by atoms with Crippen LogP contribution in [-0.2, 0) is 15.6 Å². The molecule has 0 saturated carbocycles. The predicted molar refractivity (Wildman–Crippen MR) is 60.5 cm³/mol. The van der Waals surface area contributed by atoms with E-state index in [0.29, 0.717) is 0 Å². The Morgan fingerprint density at radius 3 is 2.36 bits per heavy atom. The van der Waals surface area contributed by atoms with Gasteiger partial charge in [0.2, 0.25) is 0 Å². The minimum Gasteiger partial charge on any atom is -0.228 e. The van der Waals surface area contributed by atoms with Gasteiger partial charge in [0, 0.05) is 4.47 Å². The second kappa shape index (κ2) is 4.63. The molecular formula is C10H9BrO2S. The molecule has 4 heteroatoms. The maximum atomic E-state index is 11.3. The predicted octanol–water partition coefficient (Wildman–Crippen LogP) is 2.00. The molecule has 0 N–H and O–H groups in total. The Bertz CT molecular complexity index is 440. The largest absolute Gasteiger partial charge is 0.228 e. The van der Waals surface area contributed by atoms with Crippen molar-refractivity contribution in [2.45, 2.75) is 5.75 Å². The molecule has 0 atom stereocenters. The summed E-state index contributed by atoms with van der Waals surface area (Å²) in [6.45, 7) is 0. The lowest BCUT2D eigenvalue weighted by molar-refractivity contribution is 0.598. The Morgan fingerprint density at radius 1 is 1.29 bits per heavy atom. The molecule has 2 nitrogen and oxygen atoms in total. The van der Waals surface area contributed by atoms with Crippen LogP contribution in [0, 0.1) is 12.3 Å². The molecule has 74 valence electrons.